The highest BCUT2D eigenvalue weighted by Gasteiger charge is 2.36. The minimum Gasteiger partial charge on any atom is -0.512 e. The predicted octanol–water partition coefficient (Wildman–Crippen LogP) is 9.07. The Bertz CT molecular complexity index is 887. The fraction of sp³-hybridized carbons (Fsp3) is 0.667. The zero-order chi connectivity index (χ0) is 25.6. The molecule has 1 atom stereocenters. The lowest BCUT2D eigenvalue weighted by atomic mass is 9.69. The van der Waals surface area contributed by atoms with Crippen LogP contribution in [0.2, 0.25) is 0 Å². The van der Waals surface area contributed by atoms with Crippen LogP contribution in [0.15, 0.2) is 35.1 Å². The third-order valence-electron chi connectivity index (χ3n) is 6.62. The predicted molar refractivity (Wildman–Crippen MR) is 146 cm³/mol. The van der Waals surface area contributed by atoms with E-state index in [1.54, 1.807) is 0 Å². The van der Waals surface area contributed by atoms with Gasteiger partial charge in [-0.05, 0) is 50.3 Å². The van der Waals surface area contributed by atoms with Crippen molar-refractivity contribution in [2.75, 3.05) is 5.75 Å². The summed E-state index contributed by atoms with van der Waals surface area (Å²) in [6.45, 7) is 26.2. The first kappa shape index (κ1) is 27.9. The van der Waals surface area contributed by atoms with Gasteiger partial charge in [0.15, 0.2) is 0 Å². The molecule has 1 aromatic rings. The summed E-state index contributed by atoms with van der Waals surface area (Å²) in [4.78, 5) is 0. The maximum Gasteiger partial charge on any atom is 0.123 e. The Hall–Kier alpha value is -1.35. The molecule has 1 aliphatic rings. The van der Waals surface area contributed by atoms with Crippen molar-refractivity contribution < 1.29 is 10.2 Å². The monoisotopic (exact) mass is 472 g/mol. The molecule has 33 heavy (non-hydrogen) atoms. The summed E-state index contributed by atoms with van der Waals surface area (Å²) in [5.74, 6) is 3.04. The maximum absolute atomic E-state index is 11.1. The molecule has 0 spiro atoms. The molecular weight excluding hydrogens is 424 g/mol. The minimum absolute atomic E-state index is 0.0188. The van der Waals surface area contributed by atoms with Crippen molar-refractivity contribution in [1.82, 2.24) is 0 Å². The number of rotatable bonds is 4. The molecule has 1 aliphatic carbocycles. The van der Waals surface area contributed by atoms with E-state index >= 15 is 0 Å². The number of aromatic hydroxyl groups is 1. The Kier molecular flexibility index (Phi) is 7.91. The number of thioether (sulfide) groups is 1. The first-order valence-electron chi connectivity index (χ1n) is 12.3. The molecule has 0 aliphatic heterocycles. The highest BCUT2D eigenvalue weighted by atomic mass is 32.2. The maximum atomic E-state index is 11.1. The number of aliphatic hydroxyl groups excluding tert-OH is 1. The molecular formula is C30H48O2S. The van der Waals surface area contributed by atoms with Gasteiger partial charge in [-0.15, -0.1) is 0 Å². The first-order valence-corrected chi connectivity index (χ1v) is 13.5. The molecule has 1 aromatic carbocycles. The summed E-state index contributed by atoms with van der Waals surface area (Å²) in [5.41, 5.74) is 5.53. The van der Waals surface area contributed by atoms with Gasteiger partial charge in [0.1, 0.15) is 5.75 Å². The largest absolute Gasteiger partial charge is 0.512 e. The van der Waals surface area contributed by atoms with Crippen molar-refractivity contribution in [3.8, 4) is 5.75 Å². The molecule has 0 aromatic heterocycles. The second kappa shape index (κ2) is 9.36. The number of hydrogen-bond acceptors (Lipinski definition) is 3. The molecule has 3 heteroatoms. The van der Waals surface area contributed by atoms with Gasteiger partial charge in [-0.2, -0.15) is 11.8 Å². The third-order valence-corrected chi connectivity index (χ3v) is 7.73. The van der Waals surface area contributed by atoms with Gasteiger partial charge in [0.05, 0.1) is 5.76 Å². The second-order valence-electron chi connectivity index (χ2n) is 14.0. The van der Waals surface area contributed by atoms with Crippen molar-refractivity contribution >= 4 is 11.8 Å². The van der Waals surface area contributed by atoms with Crippen molar-refractivity contribution in [2.45, 2.75) is 106 Å². The van der Waals surface area contributed by atoms with Crippen LogP contribution in [0.25, 0.3) is 0 Å². The number of aliphatic hydroxyl groups is 1. The van der Waals surface area contributed by atoms with Gasteiger partial charge in [-0.1, -0.05) is 107 Å². The van der Waals surface area contributed by atoms with Gasteiger partial charge < -0.3 is 10.2 Å². The van der Waals surface area contributed by atoms with Gasteiger partial charge in [-0.25, -0.2) is 0 Å². The molecule has 0 bridgehead atoms. The topological polar surface area (TPSA) is 40.5 Å². The van der Waals surface area contributed by atoms with Gasteiger partial charge in [0, 0.05) is 17.4 Å². The summed E-state index contributed by atoms with van der Waals surface area (Å²) >= 11 is 1.93. The lowest BCUT2D eigenvalue weighted by Gasteiger charge is -2.37. The van der Waals surface area contributed by atoms with Crippen LogP contribution in [0.3, 0.4) is 0 Å². The molecule has 0 fully saturated rings. The number of phenols is 1. The Balaban J connectivity index is 2.31. The van der Waals surface area contributed by atoms with Gasteiger partial charge in [-0.3, -0.25) is 0 Å². The Morgan fingerprint density at radius 2 is 1.24 bits per heavy atom. The number of hydrogen-bond donors (Lipinski definition) is 2. The van der Waals surface area contributed by atoms with Crippen LogP contribution in [0.4, 0.5) is 0 Å². The Morgan fingerprint density at radius 3 is 1.64 bits per heavy atom. The zero-order valence-corrected chi connectivity index (χ0v) is 24.0. The van der Waals surface area contributed by atoms with E-state index in [4.69, 9.17) is 0 Å². The van der Waals surface area contributed by atoms with Gasteiger partial charge in [0.2, 0.25) is 0 Å². The fourth-order valence-electron chi connectivity index (χ4n) is 4.52. The molecule has 0 amide bonds. The summed E-state index contributed by atoms with van der Waals surface area (Å²) in [7, 11) is 0. The summed E-state index contributed by atoms with van der Waals surface area (Å²) < 4.78 is 0. The van der Waals surface area contributed by atoms with Crippen LogP contribution in [-0.2, 0) is 16.6 Å². The number of phenolic OH excluding ortho intramolecular Hbond substituents is 1. The Morgan fingerprint density at radius 1 is 0.758 bits per heavy atom. The lowest BCUT2D eigenvalue weighted by Crippen LogP contribution is -2.29. The van der Waals surface area contributed by atoms with Crippen LogP contribution in [0.5, 0.6) is 5.75 Å². The smallest absolute Gasteiger partial charge is 0.123 e. The number of allylic oxidation sites excluding steroid dienone is 3. The normalized spacial score (nSPS) is 18.5. The second-order valence-corrected chi connectivity index (χ2v) is 15.0. The van der Waals surface area contributed by atoms with E-state index in [2.05, 4.69) is 101 Å². The Labute approximate surface area is 208 Å². The molecule has 2 rings (SSSR count). The summed E-state index contributed by atoms with van der Waals surface area (Å²) in [6.07, 6.45) is 3.17. The van der Waals surface area contributed by atoms with Crippen molar-refractivity contribution in [2.24, 2.45) is 16.7 Å². The molecule has 1 unspecified atom stereocenters. The first-order chi connectivity index (χ1) is 14.7. The van der Waals surface area contributed by atoms with Gasteiger partial charge in [0.25, 0.3) is 0 Å². The van der Waals surface area contributed by atoms with Crippen LogP contribution in [-0.4, -0.2) is 16.0 Å². The summed E-state index contributed by atoms with van der Waals surface area (Å²) in [5, 5.41) is 22.1. The SMILES string of the molecule is CC(C)(C)C1=C(O)C(C(C)(C)C)CC(CSCc2cc(C(C)(C)C)c(O)c(C(C)(C)C)c2)=C1. The van der Waals surface area contributed by atoms with E-state index in [1.165, 1.54) is 11.1 Å². The van der Waals surface area contributed by atoms with E-state index in [0.717, 1.165) is 34.6 Å². The van der Waals surface area contributed by atoms with Crippen molar-refractivity contribution in [3.63, 3.8) is 0 Å². The molecule has 0 radical (unpaired) electrons. The van der Waals surface area contributed by atoms with Crippen molar-refractivity contribution in [3.05, 3.63) is 51.8 Å². The average Bonchev–Trinajstić information content (AvgIpc) is 2.60. The summed E-state index contributed by atoms with van der Waals surface area (Å²) in [6, 6.07) is 4.38. The van der Waals surface area contributed by atoms with E-state index in [9.17, 15) is 10.2 Å². The minimum atomic E-state index is -0.111. The standard InChI is InChI=1S/C30H48O2S/c1-27(2,3)21-13-19(14-22(25(21)31)28(4,5)6)17-33-18-20-15-23(29(7,8)9)26(32)24(16-20)30(10,11)12/h13-15,24,31-32H,16-18H2,1-12H3. The van der Waals surface area contributed by atoms with Gasteiger partial charge >= 0.3 is 0 Å². The molecule has 0 saturated carbocycles. The highest BCUT2D eigenvalue weighted by molar-refractivity contribution is 7.98. The number of benzene rings is 1. The van der Waals surface area contributed by atoms with Crippen LogP contribution < -0.4 is 0 Å². The van der Waals surface area contributed by atoms with Crippen molar-refractivity contribution in [1.29, 1.82) is 0 Å². The quantitative estimate of drug-likeness (QED) is 0.459. The molecule has 2 nitrogen and oxygen atoms in total. The van der Waals surface area contributed by atoms with Crippen LogP contribution in [0, 0.1) is 16.7 Å². The zero-order valence-electron chi connectivity index (χ0n) is 23.2. The van der Waals surface area contributed by atoms with E-state index in [-0.39, 0.29) is 27.6 Å². The fourth-order valence-corrected chi connectivity index (χ4v) is 5.49. The average molecular weight is 473 g/mol. The molecule has 186 valence electrons. The third kappa shape index (κ3) is 6.84. The molecule has 0 saturated heterocycles. The van der Waals surface area contributed by atoms with Crippen LogP contribution >= 0.6 is 11.8 Å². The molecule has 2 N–H and O–H groups in total. The van der Waals surface area contributed by atoms with Crippen LogP contribution in [0.1, 0.15) is 106 Å². The van der Waals surface area contributed by atoms with E-state index < -0.39 is 0 Å². The lowest BCUT2D eigenvalue weighted by molar-refractivity contribution is 0.188. The van der Waals surface area contributed by atoms with E-state index in [1.807, 2.05) is 11.8 Å². The molecule has 0 heterocycles. The highest BCUT2D eigenvalue weighted by Crippen LogP contribution is 2.45. The van der Waals surface area contributed by atoms with E-state index in [0.29, 0.717) is 11.5 Å².